The van der Waals surface area contributed by atoms with Gasteiger partial charge in [-0.3, -0.25) is 4.99 Å². The molecule has 13 heavy (non-hydrogen) atoms. The fourth-order valence-corrected chi connectivity index (χ4v) is 2.20. The summed E-state index contributed by atoms with van der Waals surface area (Å²) in [5, 5.41) is 0. The molecule has 0 aromatic heterocycles. The molecule has 1 atom stereocenters. The monoisotopic (exact) mass is 172 g/mol. The number of nitrogens with zero attached hydrogens (tertiary/aromatic N) is 2. The first-order valence-corrected chi connectivity index (χ1v) is 4.75. The summed E-state index contributed by atoms with van der Waals surface area (Å²) in [5.41, 5.74) is 2.76. The molecule has 2 nitrogen and oxygen atoms in total. The Balaban J connectivity index is 2.14. The van der Waals surface area contributed by atoms with Crippen LogP contribution in [-0.4, -0.2) is 23.3 Å². The van der Waals surface area contributed by atoms with Crippen LogP contribution in [-0.2, 0) is 6.54 Å². The molecule has 2 heteroatoms. The third-order valence-corrected chi connectivity index (χ3v) is 2.75. The Morgan fingerprint density at radius 1 is 1.38 bits per heavy atom. The van der Waals surface area contributed by atoms with Crippen LogP contribution in [0.5, 0.6) is 0 Å². The van der Waals surface area contributed by atoms with Gasteiger partial charge >= 0.3 is 0 Å². The molecule has 2 aliphatic heterocycles. The van der Waals surface area contributed by atoms with Gasteiger partial charge in [0.25, 0.3) is 0 Å². The summed E-state index contributed by atoms with van der Waals surface area (Å²) < 4.78 is 0. The average Bonchev–Trinajstić information content (AvgIpc) is 2.60. The third kappa shape index (κ3) is 0.916. The number of hydrogen-bond donors (Lipinski definition) is 0. The predicted molar refractivity (Wildman–Crippen MR) is 52.9 cm³/mol. The lowest BCUT2D eigenvalue weighted by Crippen LogP contribution is -2.22. The Morgan fingerprint density at radius 3 is 3.15 bits per heavy atom. The molecular formula is C11H12N2. The largest absolute Gasteiger partial charge is 0.350 e. The maximum absolute atomic E-state index is 4.63. The van der Waals surface area contributed by atoms with E-state index in [0.29, 0.717) is 6.04 Å². The number of hydrogen-bond acceptors (Lipinski definition) is 2. The minimum absolute atomic E-state index is 0.475. The first kappa shape index (κ1) is 7.13. The van der Waals surface area contributed by atoms with E-state index in [-0.39, 0.29) is 0 Å². The van der Waals surface area contributed by atoms with Crippen molar-refractivity contribution in [2.45, 2.75) is 19.5 Å². The molecule has 0 fully saturated rings. The average molecular weight is 172 g/mol. The molecule has 2 heterocycles. The van der Waals surface area contributed by atoms with E-state index in [2.05, 4.69) is 41.1 Å². The molecule has 1 aromatic rings. The second-order valence-electron chi connectivity index (χ2n) is 3.84. The van der Waals surface area contributed by atoms with Crippen LogP contribution in [0.3, 0.4) is 0 Å². The van der Waals surface area contributed by atoms with Gasteiger partial charge in [-0.25, -0.2) is 0 Å². The Kier molecular flexibility index (Phi) is 1.29. The predicted octanol–water partition coefficient (Wildman–Crippen LogP) is 1.65. The Labute approximate surface area is 77.9 Å². The fourth-order valence-electron chi connectivity index (χ4n) is 2.20. The molecule has 0 aliphatic carbocycles. The Morgan fingerprint density at radius 2 is 2.23 bits per heavy atom. The summed E-state index contributed by atoms with van der Waals surface area (Å²) in [6.45, 7) is 4.32. The molecule has 0 unspecified atom stereocenters. The lowest BCUT2D eigenvalue weighted by Gasteiger charge is -2.10. The van der Waals surface area contributed by atoms with Gasteiger partial charge in [-0.2, -0.15) is 0 Å². The number of fused-ring (bicyclic) bond motifs is 3. The van der Waals surface area contributed by atoms with E-state index < -0.39 is 0 Å². The highest BCUT2D eigenvalue weighted by Gasteiger charge is 2.30. The fraction of sp³-hybridized carbons (Fsp3) is 0.364. The zero-order valence-electron chi connectivity index (χ0n) is 7.70. The summed E-state index contributed by atoms with van der Waals surface area (Å²) in [4.78, 5) is 7.00. The van der Waals surface area contributed by atoms with Crippen molar-refractivity contribution in [3.05, 3.63) is 35.4 Å². The second-order valence-corrected chi connectivity index (χ2v) is 3.84. The van der Waals surface area contributed by atoms with Gasteiger partial charge in [0.15, 0.2) is 0 Å². The van der Waals surface area contributed by atoms with E-state index in [1.54, 1.807) is 0 Å². The second kappa shape index (κ2) is 2.34. The van der Waals surface area contributed by atoms with Crippen LogP contribution in [0.4, 0.5) is 0 Å². The molecule has 3 rings (SSSR count). The highest BCUT2D eigenvalue weighted by Crippen LogP contribution is 2.27. The van der Waals surface area contributed by atoms with Gasteiger partial charge < -0.3 is 4.90 Å². The minimum atomic E-state index is 0.475. The maximum atomic E-state index is 4.63. The lowest BCUT2D eigenvalue weighted by atomic mass is 10.1. The quantitative estimate of drug-likeness (QED) is 0.581. The molecule has 0 saturated heterocycles. The Bertz CT molecular complexity index is 381. The molecule has 0 amide bonds. The van der Waals surface area contributed by atoms with Gasteiger partial charge in [0, 0.05) is 18.7 Å². The number of benzene rings is 1. The number of rotatable bonds is 0. The smallest absolute Gasteiger partial charge is 0.131 e. The standard InChI is InChI=1S/C11H12N2/c1-8-6-13-7-9-4-2-3-5-10(9)11(13)12-8/h2-5,8H,6-7H2,1H3/t8-/m1/s1. The first-order chi connectivity index (χ1) is 6.34. The van der Waals surface area contributed by atoms with Gasteiger partial charge in [0.2, 0.25) is 0 Å². The summed E-state index contributed by atoms with van der Waals surface area (Å²) in [6, 6.07) is 9.04. The van der Waals surface area contributed by atoms with Crippen LogP contribution < -0.4 is 0 Å². The van der Waals surface area contributed by atoms with E-state index in [4.69, 9.17) is 0 Å². The highest BCUT2D eigenvalue weighted by molar-refractivity contribution is 6.03. The Hall–Kier alpha value is -1.31. The topological polar surface area (TPSA) is 15.6 Å². The van der Waals surface area contributed by atoms with Crippen molar-refractivity contribution in [3.8, 4) is 0 Å². The van der Waals surface area contributed by atoms with Crippen LogP contribution in [0.1, 0.15) is 18.1 Å². The van der Waals surface area contributed by atoms with E-state index in [1.165, 1.54) is 17.0 Å². The molecule has 0 N–H and O–H groups in total. The van der Waals surface area contributed by atoms with Crippen molar-refractivity contribution in [3.63, 3.8) is 0 Å². The van der Waals surface area contributed by atoms with Crippen LogP contribution in [0.2, 0.25) is 0 Å². The van der Waals surface area contributed by atoms with E-state index in [0.717, 1.165) is 13.1 Å². The normalized spacial score (nSPS) is 24.2. The summed E-state index contributed by atoms with van der Waals surface area (Å²) in [6.07, 6.45) is 0. The first-order valence-electron chi connectivity index (χ1n) is 4.75. The summed E-state index contributed by atoms with van der Waals surface area (Å²) in [7, 11) is 0. The minimum Gasteiger partial charge on any atom is -0.350 e. The van der Waals surface area contributed by atoms with Crippen molar-refractivity contribution in [1.29, 1.82) is 0 Å². The third-order valence-electron chi connectivity index (χ3n) is 2.75. The molecule has 0 saturated carbocycles. The van der Waals surface area contributed by atoms with Crippen LogP contribution in [0.15, 0.2) is 29.3 Å². The van der Waals surface area contributed by atoms with Crippen molar-refractivity contribution < 1.29 is 0 Å². The molecule has 0 bridgehead atoms. The van der Waals surface area contributed by atoms with Crippen LogP contribution in [0.25, 0.3) is 0 Å². The number of aliphatic imine (C=N–C) groups is 1. The van der Waals surface area contributed by atoms with Crippen LogP contribution >= 0.6 is 0 Å². The van der Waals surface area contributed by atoms with Crippen LogP contribution in [0, 0.1) is 0 Å². The van der Waals surface area contributed by atoms with E-state index in [1.807, 2.05) is 0 Å². The maximum Gasteiger partial charge on any atom is 0.131 e. The van der Waals surface area contributed by atoms with Gasteiger partial charge in [-0.1, -0.05) is 24.3 Å². The molecule has 1 aromatic carbocycles. The SMILES string of the molecule is C[C@@H]1CN2Cc3ccccc3C2=N1. The number of amidine groups is 1. The molecule has 0 spiro atoms. The van der Waals surface area contributed by atoms with Crippen molar-refractivity contribution in [2.24, 2.45) is 4.99 Å². The van der Waals surface area contributed by atoms with E-state index >= 15 is 0 Å². The van der Waals surface area contributed by atoms with Crippen molar-refractivity contribution in [1.82, 2.24) is 4.90 Å². The highest BCUT2D eigenvalue weighted by atomic mass is 15.3. The molecular weight excluding hydrogens is 160 g/mol. The van der Waals surface area contributed by atoms with Gasteiger partial charge in [-0.15, -0.1) is 0 Å². The van der Waals surface area contributed by atoms with Gasteiger partial charge in [-0.05, 0) is 12.5 Å². The zero-order valence-corrected chi connectivity index (χ0v) is 7.70. The summed E-state index contributed by atoms with van der Waals surface area (Å²) >= 11 is 0. The lowest BCUT2D eigenvalue weighted by molar-refractivity contribution is 0.440. The zero-order chi connectivity index (χ0) is 8.84. The van der Waals surface area contributed by atoms with Gasteiger partial charge in [0.05, 0.1) is 6.04 Å². The summed E-state index contributed by atoms with van der Waals surface area (Å²) in [5.74, 6) is 1.21. The van der Waals surface area contributed by atoms with Crippen molar-refractivity contribution >= 4 is 5.84 Å². The molecule has 2 aliphatic rings. The molecule has 66 valence electrons. The van der Waals surface area contributed by atoms with Crippen molar-refractivity contribution in [2.75, 3.05) is 6.54 Å². The molecule has 0 radical (unpaired) electrons. The van der Waals surface area contributed by atoms with Gasteiger partial charge in [0.1, 0.15) is 5.84 Å². The van der Waals surface area contributed by atoms with E-state index in [9.17, 15) is 0 Å².